The van der Waals surface area contributed by atoms with E-state index in [0.717, 1.165) is 11.1 Å². The highest BCUT2D eigenvalue weighted by atomic mass is 19.3. The van der Waals surface area contributed by atoms with Crippen molar-refractivity contribution in [3.05, 3.63) is 65.7 Å². The molecule has 0 unspecified atom stereocenters. The first-order valence-corrected chi connectivity index (χ1v) is 7.93. The van der Waals surface area contributed by atoms with Crippen LogP contribution in [0.3, 0.4) is 0 Å². The van der Waals surface area contributed by atoms with Crippen LogP contribution < -0.4 is 4.74 Å². The number of methoxy groups -OCH3 is 1. The van der Waals surface area contributed by atoms with Gasteiger partial charge in [-0.2, -0.15) is 8.78 Å². The number of nitrogens with zero attached hydrogens (tertiary/aromatic N) is 1. The Morgan fingerprint density at radius 1 is 1.04 bits per heavy atom. The molecule has 134 valence electrons. The van der Waals surface area contributed by atoms with Crippen molar-refractivity contribution in [1.82, 2.24) is 4.90 Å². The molecule has 0 bridgehead atoms. The van der Waals surface area contributed by atoms with Gasteiger partial charge < -0.3 is 14.4 Å². The molecule has 0 aliphatic carbocycles. The number of hydrogen-bond acceptors (Lipinski definition) is 3. The monoisotopic (exact) mass is 349 g/mol. The molecule has 2 rings (SSSR count). The summed E-state index contributed by atoms with van der Waals surface area (Å²) in [5, 5.41) is 0. The van der Waals surface area contributed by atoms with E-state index in [1.54, 1.807) is 24.1 Å². The zero-order valence-corrected chi connectivity index (χ0v) is 14.0. The average molecular weight is 349 g/mol. The van der Waals surface area contributed by atoms with Crippen LogP contribution in [0.15, 0.2) is 54.6 Å². The molecule has 0 saturated heterocycles. The molecule has 0 heterocycles. The first kappa shape index (κ1) is 18.9. The highest BCUT2D eigenvalue weighted by molar-refractivity contribution is 5.78. The first-order valence-electron chi connectivity index (χ1n) is 7.93. The van der Waals surface area contributed by atoms with Crippen LogP contribution in [0.2, 0.25) is 0 Å². The molecular weight excluding hydrogens is 328 g/mol. The molecule has 2 aromatic rings. The lowest BCUT2D eigenvalue weighted by atomic mass is 10.1. The SMILES string of the molecule is COCCN(Cc1ccccc1)C(=O)Cc1ccc(OC(F)F)cc1. The molecule has 1 amide bonds. The molecule has 0 aromatic heterocycles. The summed E-state index contributed by atoms with van der Waals surface area (Å²) in [4.78, 5) is 14.3. The predicted molar refractivity (Wildman–Crippen MR) is 90.5 cm³/mol. The largest absolute Gasteiger partial charge is 0.435 e. The van der Waals surface area contributed by atoms with Crippen molar-refractivity contribution in [3.8, 4) is 5.75 Å². The Bertz CT molecular complexity index is 647. The standard InChI is InChI=1S/C19H21F2NO3/c1-24-12-11-22(14-16-5-3-2-4-6-16)18(23)13-15-7-9-17(10-8-15)25-19(20)21/h2-10,19H,11-14H2,1H3. The number of ether oxygens (including phenoxy) is 2. The zero-order valence-electron chi connectivity index (χ0n) is 14.0. The van der Waals surface area contributed by atoms with E-state index in [2.05, 4.69) is 4.74 Å². The maximum absolute atomic E-state index is 12.6. The third-order valence-corrected chi connectivity index (χ3v) is 3.64. The van der Waals surface area contributed by atoms with E-state index in [-0.39, 0.29) is 18.1 Å². The van der Waals surface area contributed by atoms with Crippen LogP contribution >= 0.6 is 0 Å². The van der Waals surface area contributed by atoms with Crippen molar-refractivity contribution in [2.45, 2.75) is 19.6 Å². The van der Waals surface area contributed by atoms with Crippen molar-refractivity contribution in [2.24, 2.45) is 0 Å². The van der Waals surface area contributed by atoms with Crippen LogP contribution in [-0.2, 0) is 22.5 Å². The van der Waals surface area contributed by atoms with Gasteiger partial charge in [0.05, 0.1) is 13.0 Å². The average Bonchev–Trinajstić information content (AvgIpc) is 2.60. The summed E-state index contributed by atoms with van der Waals surface area (Å²) < 4.78 is 33.7. The van der Waals surface area contributed by atoms with Crippen molar-refractivity contribution in [2.75, 3.05) is 20.3 Å². The normalized spacial score (nSPS) is 10.7. The van der Waals surface area contributed by atoms with Gasteiger partial charge in [0.2, 0.25) is 5.91 Å². The van der Waals surface area contributed by atoms with Crippen LogP contribution in [0.4, 0.5) is 8.78 Å². The van der Waals surface area contributed by atoms with Gasteiger partial charge in [0, 0.05) is 20.2 Å². The van der Waals surface area contributed by atoms with E-state index in [0.29, 0.717) is 19.7 Å². The maximum Gasteiger partial charge on any atom is 0.387 e. The fourth-order valence-corrected chi connectivity index (χ4v) is 2.37. The van der Waals surface area contributed by atoms with E-state index < -0.39 is 6.61 Å². The molecule has 0 radical (unpaired) electrons. The lowest BCUT2D eigenvalue weighted by Crippen LogP contribution is -2.34. The van der Waals surface area contributed by atoms with E-state index in [4.69, 9.17) is 4.74 Å². The van der Waals surface area contributed by atoms with Crippen molar-refractivity contribution in [3.63, 3.8) is 0 Å². The zero-order chi connectivity index (χ0) is 18.1. The molecule has 0 N–H and O–H groups in total. The maximum atomic E-state index is 12.6. The van der Waals surface area contributed by atoms with Gasteiger partial charge >= 0.3 is 6.61 Å². The fourth-order valence-electron chi connectivity index (χ4n) is 2.37. The second-order valence-electron chi connectivity index (χ2n) is 5.49. The van der Waals surface area contributed by atoms with Gasteiger partial charge in [-0.3, -0.25) is 4.79 Å². The Morgan fingerprint density at radius 2 is 1.72 bits per heavy atom. The van der Waals surface area contributed by atoms with Gasteiger partial charge in [-0.15, -0.1) is 0 Å². The summed E-state index contributed by atoms with van der Waals surface area (Å²) in [7, 11) is 1.59. The van der Waals surface area contributed by atoms with Gasteiger partial charge in [-0.1, -0.05) is 42.5 Å². The molecule has 4 nitrogen and oxygen atoms in total. The number of benzene rings is 2. The van der Waals surface area contributed by atoms with Gasteiger partial charge in [0.25, 0.3) is 0 Å². The van der Waals surface area contributed by atoms with Crippen LogP contribution in [0.1, 0.15) is 11.1 Å². The number of carbonyl (C=O) groups excluding carboxylic acids is 1. The van der Waals surface area contributed by atoms with Gasteiger partial charge in [0.1, 0.15) is 5.75 Å². The van der Waals surface area contributed by atoms with Crippen LogP contribution in [0.5, 0.6) is 5.75 Å². The molecular formula is C19H21F2NO3. The van der Waals surface area contributed by atoms with Crippen molar-refractivity contribution < 1.29 is 23.0 Å². The second kappa shape index (κ2) is 9.74. The molecule has 0 saturated carbocycles. The first-order chi connectivity index (χ1) is 12.1. The summed E-state index contributed by atoms with van der Waals surface area (Å²) in [5.74, 6) is 0.0233. The minimum absolute atomic E-state index is 0.0524. The van der Waals surface area contributed by atoms with Crippen LogP contribution in [-0.4, -0.2) is 37.7 Å². The molecule has 0 fully saturated rings. The Balaban J connectivity index is 2.00. The molecule has 2 aromatic carbocycles. The quantitative estimate of drug-likeness (QED) is 0.695. The Hall–Kier alpha value is -2.47. The molecule has 0 atom stereocenters. The van der Waals surface area contributed by atoms with Crippen molar-refractivity contribution in [1.29, 1.82) is 0 Å². The minimum atomic E-state index is -2.86. The summed E-state index contributed by atoms with van der Waals surface area (Å²) in [6.45, 7) is -1.44. The number of hydrogen-bond donors (Lipinski definition) is 0. The number of amides is 1. The summed E-state index contributed by atoms with van der Waals surface area (Å²) in [5.41, 5.74) is 1.77. The number of rotatable bonds is 9. The molecule has 0 aliphatic heterocycles. The fraction of sp³-hybridized carbons (Fsp3) is 0.316. The van der Waals surface area contributed by atoms with Gasteiger partial charge in [-0.25, -0.2) is 0 Å². The topological polar surface area (TPSA) is 38.8 Å². The van der Waals surface area contributed by atoms with Crippen LogP contribution in [0.25, 0.3) is 0 Å². The Labute approximate surface area is 146 Å². The lowest BCUT2D eigenvalue weighted by molar-refractivity contribution is -0.131. The summed E-state index contributed by atoms with van der Waals surface area (Å²) >= 11 is 0. The molecule has 6 heteroatoms. The highest BCUT2D eigenvalue weighted by Gasteiger charge is 2.15. The summed E-state index contributed by atoms with van der Waals surface area (Å²) in [6, 6.07) is 15.8. The van der Waals surface area contributed by atoms with E-state index in [1.807, 2.05) is 30.3 Å². The van der Waals surface area contributed by atoms with Gasteiger partial charge in [0.15, 0.2) is 0 Å². The Morgan fingerprint density at radius 3 is 2.32 bits per heavy atom. The van der Waals surface area contributed by atoms with E-state index >= 15 is 0 Å². The Kier molecular flexibility index (Phi) is 7.35. The second-order valence-corrected chi connectivity index (χ2v) is 5.49. The molecule has 25 heavy (non-hydrogen) atoms. The smallest absolute Gasteiger partial charge is 0.387 e. The third kappa shape index (κ3) is 6.51. The van der Waals surface area contributed by atoms with Gasteiger partial charge in [-0.05, 0) is 23.3 Å². The molecule has 0 aliphatic rings. The number of halogens is 2. The van der Waals surface area contributed by atoms with Crippen LogP contribution in [0, 0.1) is 0 Å². The number of alkyl halides is 2. The van der Waals surface area contributed by atoms with E-state index in [1.165, 1.54) is 12.1 Å². The lowest BCUT2D eigenvalue weighted by Gasteiger charge is -2.22. The predicted octanol–water partition coefficient (Wildman–Crippen LogP) is 3.51. The van der Waals surface area contributed by atoms with E-state index in [9.17, 15) is 13.6 Å². The third-order valence-electron chi connectivity index (χ3n) is 3.64. The van der Waals surface area contributed by atoms with Crippen molar-refractivity contribution >= 4 is 5.91 Å². The minimum Gasteiger partial charge on any atom is -0.435 e. The summed E-state index contributed by atoms with van der Waals surface area (Å²) in [6.07, 6.45) is 0.186. The highest BCUT2D eigenvalue weighted by Crippen LogP contribution is 2.16. The number of carbonyl (C=O) groups is 1. The molecule has 0 spiro atoms.